The molecule has 2 N–H and O–H groups in total. The smallest absolute Gasteiger partial charge is 0.321 e. The lowest BCUT2D eigenvalue weighted by Gasteiger charge is -2.15. The van der Waals surface area contributed by atoms with Gasteiger partial charge in [-0.1, -0.05) is 0 Å². The number of amides is 2. The third kappa shape index (κ3) is 3.97. The van der Waals surface area contributed by atoms with Crippen LogP contribution in [-0.4, -0.2) is 35.7 Å². The van der Waals surface area contributed by atoms with Crippen molar-refractivity contribution in [1.82, 2.24) is 35.0 Å². The predicted octanol–water partition coefficient (Wildman–Crippen LogP) is 2.41. The summed E-state index contributed by atoms with van der Waals surface area (Å²) in [6.07, 6.45) is 4.61. The Morgan fingerprint density at radius 1 is 1.24 bits per heavy atom. The van der Waals surface area contributed by atoms with Crippen LogP contribution >= 0.6 is 15.9 Å². The van der Waals surface area contributed by atoms with Gasteiger partial charge in [-0.05, 0) is 48.0 Å². The van der Waals surface area contributed by atoms with E-state index in [0.717, 1.165) is 5.69 Å². The lowest BCUT2D eigenvalue weighted by Crippen LogP contribution is -2.33. The molecule has 3 rings (SSSR count). The first-order valence-electron chi connectivity index (χ1n) is 7.42. The first-order valence-corrected chi connectivity index (χ1v) is 8.22. The molecule has 0 aliphatic heterocycles. The van der Waals surface area contributed by atoms with E-state index in [2.05, 4.69) is 51.6 Å². The number of urea groups is 1. The van der Waals surface area contributed by atoms with E-state index in [9.17, 15) is 4.79 Å². The molecule has 3 aromatic heterocycles. The van der Waals surface area contributed by atoms with E-state index in [4.69, 9.17) is 0 Å². The third-order valence-electron chi connectivity index (χ3n) is 3.27. The molecule has 2 amide bonds. The molecule has 0 unspecified atom stereocenters. The van der Waals surface area contributed by atoms with Crippen LogP contribution < -0.4 is 10.6 Å². The van der Waals surface area contributed by atoms with Gasteiger partial charge in [0.05, 0.1) is 10.5 Å². The summed E-state index contributed by atoms with van der Waals surface area (Å²) in [6, 6.07) is 4.55. The highest BCUT2D eigenvalue weighted by atomic mass is 79.9. The van der Waals surface area contributed by atoms with Crippen molar-refractivity contribution >= 4 is 27.8 Å². The third-order valence-corrected chi connectivity index (χ3v) is 3.91. The van der Waals surface area contributed by atoms with Crippen molar-refractivity contribution in [2.75, 3.05) is 5.32 Å². The zero-order valence-corrected chi connectivity index (χ0v) is 15.1. The van der Waals surface area contributed by atoms with Crippen LogP contribution in [0, 0.1) is 6.92 Å². The maximum Gasteiger partial charge on any atom is 0.321 e. The molecule has 1 atom stereocenters. The van der Waals surface area contributed by atoms with Crippen molar-refractivity contribution in [3.63, 3.8) is 0 Å². The summed E-state index contributed by atoms with van der Waals surface area (Å²) in [5.74, 6) is 1.34. The number of nitrogens with zero attached hydrogens (tertiary/aromatic N) is 6. The molecule has 0 aliphatic rings. The van der Waals surface area contributed by atoms with Crippen molar-refractivity contribution in [2.45, 2.75) is 19.9 Å². The molecule has 0 aromatic carbocycles. The van der Waals surface area contributed by atoms with Crippen LogP contribution in [-0.2, 0) is 0 Å². The number of nitrogens with one attached hydrogen (secondary N) is 2. The van der Waals surface area contributed by atoms with E-state index in [1.54, 1.807) is 25.4 Å². The number of aryl methyl sites for hydroxylation is 1. The number of anilines is 1. The zero-order chi connectivity index (χ0) is 17.8. The van der Waals surface area contributed by atoms with Gasteiger partial charge in [0, 0.05) is 18.1 Å². The van der Waals surface area contributed by atoms with Crippen LogP contribution in [0.4, 0.5) is 10.6 Å². The Balaban J connectivity index is 1.73. The summed E-state index contributed by atoms with van der Waals surface area (Å²) in [5, 5.41) is 9.62. The fraction of sp³-hybridized carbons (Fsp3) is 0.200. The minimum atomic E-state index is -0.421. The Bertz CT molecular complexity index is 882. The van der Waals surface area contributed by atoms with Gasteiger partial charge >= 0.3 is 6.03 Å². The number of halogens is 1. The van der Waals surface area contributed by atoms with E-state index in [-0.39, 0.29) is 0 Å². The standard InChI is InChI=1S/C15H15BrN8O/c1-9-4-5-11(16)12(21-9)23-15(25)22-10(2)13-19-8-20-24(13)14-17-6-3-7-18-14/h3-8,10H,1-2H3,(H2,21,22,23,25)/t10-/m0/s1. The quantitative estimate of drug-likeness (QED) is 0.692. The van der Waals surface area contributed by atoms with E-state index < -0.39 is 12.1 Å². The van der Waals surface area contributed by atoms with Gasteiger partial charge in [-0.25, -0.2) is 24.7 Å². The Morgan fingerprint density at radius 2 is 2.00 bits per heavy atom. The largest absolute Gasteiger partial charge is 0.328 e. The zero-order valence-electron chi connectivity index (χ0n) is 13.5. The molecule has 0 saturated heterocycles. The normalized spacial score (nSPS) is 11.8. The fourth-order valence-electron chi connectivity index (χ4n) is 2.13. The Labute approximate surface area is 152 Å². The minimum Gasteiger partial charge on any atom is -0.328 e. The topological polar surface area (TPSA) is 111 Å². The Hall–Kier alpha value is -2.88. The molecule has 3 heterocycles. The molecule has 0 radical (unpaired) electrons. The molecular formula is C15H15BrN8O. The van der Waals surface area contributed by atoms with Crippen LogP contribution in [0.3, 0.4) is 0 Å². The average Bonchev–Trinajstić information content (AvgIpc) is 3.09. The number of hydrogen-bond acceptors (Lipinski definition) is 6. The van der Waals surface area contributed by atoms with Crippen LogP contribution in [0.15, 0.2) is 41.4 Å². The average molecular weight is 403 g/mol. The number of carbonyl (C=O) groups is 1. The first-order chi connectivity index (χ1) is 12.0. The molecule has 128 valence electrons. The van der Waals surface area contributed by atoms with E-state index in [1.807, 2.05) is 19.1 Å². The lowest BCUT2D eigenvalue weighted by atomic mass is 10.3. The maximum absolute atomic E-state index is 12.3. The highest BCUT2D eigenvalue weighted by molar-refractivity contribution is 9.10. The number of rotatable bonds is 4. The molecule has 0 aliphatic carbocycles. The van der Waals surface area contributed by atoms with Crippen molar-refractivity contribution in [2.24, 2.45) is 0 Å². The highest BCUT2D eigenvalue weighted by Gasteiger charge is 2.18. The Kier molecular flexibility index (Phi) is 4.98. The summed E-state index contributed by atoms with van der Waals surface area (Å²) >= 11 is 3.36. The second-order valence-electron chi connectivity index (χ2n) is 5.18. The molecule has 10 heteroatoms. The minimum absolute atomic E-state index is 0.382. The van der Waals surface area contributed by atoms with Crippen LogP contribution in [0.2, 0.25) is 0 Å². The van der Waals surface area contributed by atoms with Crippen LogP contribution in [0.5, 0.6) is 0 Å². The number of hydrogen-bond donors (Lipinski definition) is 2. The van der Waals surface area contributed by atoms with Crippen LogP contribution in [0.25, 0.3) is 5.95 Å². The molecule has 9 nitrogen and oxygen atoms in total. The monoisotopic (exact) mass is 402 g/mol. The summed E-state index contributed by atoms with van der Waals surface area (Å²) in [7, 11) is 0. The van der Waals surface area contributed by atoms with Crippen molar-refractivity contribution < 1.29 is 4.79 Å². The van der Waals surface area contributed by atoms with Gasteiger partial charge in [0.25, 0.3) is 5.95 Å². The van der Waals surface area contributed by atoms with Crippen molar-refractivity contribution in [3.8, 4) is 5.95 Å². The van der Waals surface area contributed by atoms with Crippen molar-refractivity contribution in [3.05, 3.63) is 52.9 Å². The van der Waals surface area contributed by atoms with Gasteiger partial charge in [-0.2, -0.15) is 9.78 Å². The molecular weight excluding hydrogens is 388 g/mol. The van der Waals surface area contributed by atoms with Gasteiger partial charge in [0.1, 0.15) is 12.1 Å². The lowest BCUT2D eigenvalue weighted by molar-refractivity contribution is 0.248. The number of pyridine rings is 1. The van der Waals surface area contributed by atoms with Gasteiger partial charge < -0.3 is 5.32 Å². The molecule has 0 spiro atoms. The summed E-state index contributed by atoms with van der Waals surface area (Å²) in [6.45, 7) is 3.64. The highest BCUT2D eigenvalue weighted by Crippen LogP contribution is 2.20. The van der Waals surface area contributed by atoms with E-state index in [0.29, 0.717) is 22.1 Å². The summed E-state index contributed by atoms with van der Waals surface area (Å²) in [5.41, 5.74) is 0.799. The molecule has 0 bridgehead atoms. The first kappa shape index (κ1) is 17.0. The van der Waals surface area contributed by atoms with Crippen molar-refractivity contribution in [1.29, 1.82) is 0 Å². The van der Waals surface area contributed by atoms with Crippen LogP contribution in [0.1, 0.15) is 24.5 Å². The summed E-state index contributed by atoms with van der Waals surface area (Å²) in [4.78, 5) is 29.0. The predicted molar refractivity (Wildman–Crippen MR) is 94.2 cm³/mol. The molecule has 25 heavy (non-hydrogen) atoms. The number of aromatic nitrogens is 6. The van der Waals surface area contributed by atoms with E-state index in [1.165, 1.54) is 11.0 Å². The molecule has 3 aromatic rings. The molecule has 0 fully saturated rings. The molecule has 0 saturated carbocycles. The second kappa shape index (κ2) is 7.34. The number of carbonyl (C=O) groups excluding carboxylic acids is 1. The Morgan fingerprint density at radius 3 is 2.76 bits per heavy atom. The van der Waals surface area contributed by atoms with Gasteiger partial charge in [0.15, 0.2) is 5.82 Å². The SMILES string of the molecule is Cc1ccc(Br)c(NC(=O)N[C@@H](C)c2ncnn2-c2ncccn2)n1. The maximum atomic E-state index is 12.3. The summed E-state index contributed by atoms with van der Waals surface area (Å²) < 4.78 is 2.17. The second-order valence-corrected chi connectivity index (χ2v) is 6.04. The van der Waals surface area contributed by atoms with Gasteiger partial charge in [0.2, 0.25) is 0 Å². The van der Waals surface area contributed by atoms with Gasteiger partial charge in [-0.3, -0.25) is 5.32 Å². The fourth-order valence-corrected chi connectivity index (χ4v) is 2.45. The van der Waals surface area contributed by atoms with Gasteiger partial charge in [-0.15, -0.1) is 0 Å². The van der Waals surface area contributed by atoms with E-state index >= 15 is 0 Å².